The first-order valence-corrected chi connectivity index (χ1v) is 9.26. The summed E-state index contributed by atoms with van der Waals surface area (Å²) in [6.07, 6.45) is 1.85. The summed E-state index contributed by atoms with van der Waals surface area (Å²) in [5, 5.41) is 12.0. The lowest BCUT2D eigenvalue weighted by Gasteiger charge is -2.28. The number of aliphatic hydroxyl groups excluding tert-OH is 1. The molecule has 0 radical (unpaired) electrons. The van der Waals surface area contributed by atoms with Crippen LogP contribution in [0.1, 0.15) is 32.3 Å². The number of urea groups is 1. The molecular formula is C20H33N3O3. The third kappa shape index (κ3) is 7.87. The van der Waals surface area contributed by atoms with Crippen LogP contribution in [0.25, 0.3) is 0 Å². The van der Waals surface area contributed by atoms with Gasteiger partial charge in [0.1, 0.15) is 6.04 Å². The maximum absolute atomic E-state index is 12.8. The average molecular weight is 364 g/mol. The minimum atomic E-state index is -0.615. The second-order valence-corrected chi connectivity index (χ2v) is 7.17. The highest BCUT2D eigenvalue weighted by Gasteiger charge is 2.25. The van der Waals surface area contributed by atoms with Crippen molar-refractivity contribution in [3.05, 3.63) is 35.9 Å². The van der Waals surface area contributed by atoms with Crippen molar-refractivity contribution in [1.82, 2.24) is 15.1 Å². The van der Waals surface area contributed by atoms with E-state index < -0.39 is 6.04 Å². The molecule has 0 bridgehead atoms. The van der Waals surface area contributed by atoms with Crippen molar-refractivity contribution in [3.63, 3.8) is 0 Å². The van der Waals surface area contributed by atoms with Crippen LogP contribution in [0, 0.1) is 5.92 Å². The lowest BCUT2D eigenvalue weighted by Crippen LogP contribution is -2.52. The molecule has 0 aliphatic carbocycles. The summed E-state index contributed by atoms with van der Waals surface area (Å²) in [7, 11) is 3.38. The fourth-order valence-electron chi connectivity index (χ4n) is 2.59. The normalized spacial score (nSPS) is 11.9. The van der Waals surface area contributed by atoms with Gasteiger partial charge in [0, 0.05) is 40.2 Å². The summed E-state index contributed by atoms with van der Waals surface area (Å²) in [6.45, 7) is 5.34. The van der Waals surface area contributed by atoms with Gasteiger partial charge in [-0.3, -0.25) is 4.79 Å². The third-order valence-corrected chi connectivity index (χ3v) is 4.17. The van der Waals surface area contributed by atoms with E-state index in [0.717, 1.165) is 12.0 Å². The molecule has 1 aromatic carbocycles. The van der Waals surface area contributed by atoms with Crippen molar-refractivity contribution in [2.45, 2.75) is 39.2 Å². The van der Waals surface area contributed by atoms with Crippen molar-refractivity contribution in [3.8, 4) is 0 Å². The maximum Gasteiger partial charge on any atom is 0.318 e. The lowest BCUT2D eigenvalue weighted by atomic mass is 10.1. The molecule has 6 heteroatoms. The number of hydrogen-bond acceptors (Lipinski definition) is 3. The largest absolute Gasteiger partial charge is 0.396 e. The Balaban J connectivity index is 2.84. The topological polar surface area (TPSA) is 72.9 Å². The summed E-state index contributed by atoms with van der Waals surface area (Å²) < 4.78 is 0. The van der Waals surface area contributed by atoms with Gasteiger partial charge in [-0.15, -0.1) is 0 Å². The number of likely N-dealkylation sites (N-methyl/N-ethyl adjacent to an activating group) is 1. The molecule has 0 saturated heterocycles. The molecule has 0 fully saturated rings. The second kappa shape index (κ2) is 11.5. The third-order valence-electron chi connectivity index (χ3n) is 4.17. The Morgan fingerprint density at radius 1 is 1.12 bits per heavy atom. The fourth-order valence-corrected chi connectivity index (χ4v) is 2.59. The zero-order valence-corrected chi connectivity index (χ0v) is 16.4. The smallest absolute Gasteiger partial charge is 0.318 e. The van der Waals surface area contributed by atoms with Crippen LogP contribution in [0.15, 0.2) is 30.3 Å². The molecule has 146 valence electrons. The van der Waals surface area contributed by atoms with E-state index in [2.05, 4.69) is 19.2 Å². The van der Waals surface area contributed by atoms with Gasteiger partial charge < -0.3 is 20.2 Å². The van der Waals surface area contributed by atoms with E-state index >= 15 is 0 Å². The number of carbonyl (C=O) groups is 2. The number of benzene rings is 1. The van der Waals surface area contributed by atoms with Gasteiger partial charge in [0.15, 0.2) is 0 Å². The minimum Gasteiger partial charge on any atom is -0.396 e. The number of aliphatic hydroxyl groups is 1. The highest BCUT2D eigenvalue weighted by atomic mass is 16.3. The summed E-state index contributed by atoms with van der Waals surface area (Å²) in [4.78, 5) is 28.5. The van der Waals surface area contributed by atoms with Gasteiger partial charge in [-0.2, -0.15) is 0 Å². The summed E-state index contributed by atoms with van der Waals surface area (Å²) >= 11 is 0. The fraction of sp³-hybridized carbons (Fsp3) is 0.600. The Morgan fingerprint density at radius 3 is 2.31 bits per heavy atom. The predicted molar refractivity (Wildman–Crippen MR) is 104 cm³/mol. The monoisotopic (exact) mass is 363 g/mol. The van der Waals surface area contributed by atoms with E-state index in [0.29, 0.717) is 31.8 Å². The average Bonchev–Trinajstić information content (AvgIpc) is 2.61. The molecule has 1 rings (SSSR count). The molecule has 0 aliphatic heterocycles. The SMILES string of the molecule is CC(C)CCN(CCCO)C(=O)NC(Cc1ccccc1)C(=O)N(C)C. The summed E-state index contributed by atoms with van der Waals surface area (Å²) in [5.41, 5.74) is 0.997. The van der Waals surface area contributed by atoms with Gasteiger partial charge in [-0.05, 0) is 24.3 Å². The predicted octanol–water partition coefficient (Wildman–Crippen LogP) is 2.13. The van der Waals surface area contributed by atoms with Crippen molar-refractivity contribution in [2.75, 3.05) is 33.8 Å². The number of nitrogens with zero attached hydrogens (tertiary/aromatic N) is 2. The van der Waals surface area contributed by atoms with E-state index in [4.69, 9.17) is 5.11 Å². The second-order valence-electron chi connectivity index (χ2n) is 7.17. The first-order chi connectivity index (χ1) is 12.3. The van der Waals surface area contributed by atoms with Crippen molar-refractivity contribution in [2.24, 2.45) is 5.92 Å². The molecule has 0 aliphatic rings. The molecule has 2 N–H and O–H groups in total. The van der Waals surface area contributed by atoms with Crippen LogP contribution >= 0.6 is 0 Å². The first-order valence-electron chi connectivity index (χ1n) is 9.26. The Bertz CT molecular complexity index is 546. The van der Waals surface area contributed by atoms with Crippen LogP contribution < -0.4 is 5.32 Å². The molecule has 0 heterocycles. The number of amides is 3. The Morgan fingerprint density at radius 2 is 1.77 bits per heavy atom. The molecule has 0 aromatic heterocycles. The van der Waals surface area contributed by atoms with E-state index in [1.807, 2.05) is 30.3 Å². The quantitative estimate of drug-likeness (QED) is 0.669. The summed E-state index contributed by atoms with van der Waals surface area (Å²) in [5.74, 6) is 0.344. The van der Waals surface area contributed by atoms with Crippen LogP contribution in [0.5, 0.6) is 0 Å². The standard InChI is InChI=1S/C20H33N3O3/c1-16(2)11-13-23(12-8-14-24)20(26)21-18(19(25)22(3)4)15-17-9-6-5-7-10-17/h5-7,9-10,16,18,24H,8,11-15H2,1-4H3,(H,21,26). The van der Waals surface area contributed by atoms with E-state index in [1.54, 1.807) is 19.0 Å². The molecule has 1 aromatic rings. The van der Waals surface area contributed by atoms with Gasteiger partial charge >= 0.3 is 6.03 Å². The Kier molecular flexibility index (Phi) is 9.73. The zero-order valence-electron chi connectivity index (χ0n) is 16.4. The van der Waals surface area contributed by atoms with Gasteiger partial charge in [0.05, 0.1) is 0 Å². The first kappa shape index (κ1) is 22.0. The minimum absolute atomic E-state index is 0.0372. The van der Waals surface area contributed by atoms with Crippen LogP contribution in [-0.4, -0.2) is 66.7 Å². The molecule has 6 nitrogen and oxygen atoms in total. The molecule has 26 heavy (non-hydrogen) atoms. The van der Waals surface area contributed by atoms with Gasteiger partial charge in [-0.1, -0.05) is 44.2 Å². The highest BCUT2D eigenvalue weighted by Crippen LogP contribution is 2.08. The molecule has 1 atom stereocenters. The van der Waals surface area contributed by atoms with E-state index in [9.17, 15) is 9.59 Å². The maximum atomic E-state index is 12.8. The van der Waals surface area contributed by atoms with Crippen LogP contribution in [0.4, 0.5) is 4.79 Å². The van der Waals surface area contributed by atoms with E-state index in [-0.39, 0.29) is 18.5 Å². The number of rotatable bonds is 10. The van der Waals surface area contributed by atoms with Crippen molar-refractivity contribution >= 4 is 11.9 Å². The summed E-state index contributed by atoms with van der Waals surface area (Å²) in [6, 6.07) is 8.79. The van der Waals surface area contributed by atoms with Crippen molar-refractivity contribution < 1.29 is 14.7 Å². The van der Waals surface area contributed by atoms with Crippen molar-refractivity contribution in [1.29, 1.82) is 0 Å². The van der Waals surface area contributed by atoms with Crippen LogP contribution in [0.3, 0.4) is 0 Å². The van der Waals surface area contributed by atoms with Gasteiger partial charge in [0.2, 0.25) is 5.91 Å². The Hall–Kier alpha value is -2.08. The Labute approximate surface area is 157 Å². The zero-order chi connectivity index (χ0) is 19.5. The molecule has 0 saturated carbocycles. The lowest BCUT2D eigenvalue weighted by molar-refractivity contribution is -0.130. The number of nitrogens with one attached hydrogen (secondary N) is 1. The van der Waals surface area contributed by atoms with Gasteiger partial charge in [-0.25, -0.2) is 4.79 Å². The number of carbonyl (C=O) groups excluding carboxylic acids is 2. The molecule has 0 spiro atoms. The van der Waals surface area contributed by atoms with Crippen LogP contribution in [-0.2, 0) is 11.2 Å². The van der Waals surface area contributed by atoms with E-state index in [1.165, 1.54) is 4.90 Å². The molecule has 3 amide bonds. The number of hydrogen-bond donors (Lipinski definition) is 2. The van der Waals surface area contributed by atoms with Gasteiger partial charge in [0.25, 0.3) is 0 Å². The van der Waals surface area contributed by atoms with Crippen LogP contribution in [0.2, 0.25) is 0 Å². The highest BCUT2D eigenvalue weighted by molar-refractivity contribution is 5.87. The molecular weight excluding hydrogens is 330 g/mol. The molecule has 1 unspecified atom stereocenters.